The van der Waals surface area contributed by atoms with Gasteiger partial charge in [0.05, 0.1) is 15.5 Å². The summed E-state index contributed by atoms with van der Waals surface area (Å²) in [5, 5.41) is 0. The van der Waals surface area contributed by atoms with E-state index >= 15 is 0 Å². The molecule has 0 atom stereocenters. The zero-order chi connectivity index (χ0) is 18.7. The summed E-state index contributed by atoms with van der Waals surface area (Å²) in [6.45, 7) is 9.23. The molecular weight excluding hydrogens is 334 g/mol. The van der Waals surface area contributed by atoms with Crippen LogP contribution in [-0.4, -0.2) is 35.6 Å². The van der Waals surface area contributed by atoms with Crippen molar-refractivity contribution in [2.75, 3.05) is 12.3 Å². The van der Waals surface area contributed by atoms with Crippen molar-refractivity contribution in [1.29, 1.82) is 0 Å². The molecule has 1 heterocycles. The Morgan fingerprint density at radius 3 is 2.52 bits per heavy atom. The number of rotatable bonds is 7. The third-order valence-corrected chi connectivity index (χ3v) is 5.30. The second-order valence-corrected chi connectivity index (χ2v) is 8.77. The lowest BCUT2D eigenvalue weighted by molar-refractivity contribution is -0.438. The second-order valence-electron chi connectivity index (χ2n) is 7.25. The predicted molar refractivity (Wildman–Crippen MR) is 102 cm³/mol. The van der Waals surface area contributed by atoms with Crippen LogP contribution in [-0.2, 0) is 15.5 Å². The molecule has 1 aliphatic heterocycles. The highest BCUT2D eigenvalue weighted by atomic mass is 32.2. The van der Waals surface area contributed by atoms with Gasteiger partial charge >= 0.3 is 0 Å². The standard InChI is InChI=1S/C20H27NO3S/c1-16(2)10-9-13-19-20(3,4)17-11-5-6-12-18(17)21(19)14-7-8-15-25(22,23)24/h5-6,9-13H,7-8,14-15H2,1-4H3. The Morgan fingerprint density at radius 2 is 1.88 bits per heavy atom. The minimum atomic E-state index is -4.14. The van der Waals surface area contributed by atoms with Crippen LogP contribution >= 0.6 is 0 Å². The van der Waals surface area contributed by atoms with Gasteiger partial charge in [-0.15, -0.1) is 0 Å². The Morgan fingerprint density at radius 1 is 1.20 bits per heavy atom. The van der Waals surface area contributed by atoms with Crippen LogP contribution < -0.4 is 0 Å². The maximum atomic E-state index is 10.8. The fourth-order valence-electron chi connectivity index (χ4n) is 3.26. The van der Waals surface area contributed by atoms with E-state index in [0.717, 1.165) is 5.69 Å². The van der Waals surface area contributed by atoms with Gasteiger partial charge in [-0.05, 0) is 34.1 Å². The quantitative estimate of drug-likeness (QED) is 0.320. The van der Waals surface area contributed by atoms with Crippen LogP contribution in [0, 0.1) is 0 Å². The first-order chi connectivity index (χ1) is 11.6. The lowest BCUT2D eigenvalue weighted by atomic mass is 9.81. The molecule has 1 aromatic rings. The van der Waals surface area contributed by atoms with Crippen molar-refractivity contribution < 1.29 is 17.5 Å². The van der Waals surface area contributed by atoms with Crippen molar-refractivity contribution in [2.45, 2.75) is 46.0 Å². The van der Waals surface area contributed by atoms with Crippen LogP contribution in [0.2, 0.25) is 0 Å². The monoisotopic (exact) mass is 361 g/mol. The van der Waals surface area contributed by atoms with Gasteiger partial charge in [0, 0.05) is 29.9 Å². The second kappa shape index (κ2) is 7.67. The van der Waals surface area contributed by atoms with Gasteiger partial charge in [0.2, 0.25) is 5.69 Å². The Bertz CT molecular complexity index is 826. The fourth-order valence-corrected chi connectivity index (χ4v) is 3.82. The molecule has 0 aliphatic carbocycles. The number of para-hydroxylation sites is 1. The number of unbranched alkanes of at least 4 members (excludes halogenated alkanes) is 1. The maximum Gasteiger partial charge on any atom is 0.209 e. The van der Waals surface area contributed by atoms with Gasteiger partial charge in [-0.25, -0.2) is 8.42 Å². The molecule has 5 heteroatoms. The van der Waals surface area contributed by atoms with Gasteiger partial charge in [-0.1, -0.05) is 35.9 Å². The molecule has 0 saturated carbocycles. The summed E-state index contributed by atoms with van der Waals surface area (Å²) in [5.74, 6) is -0.297. The maximum absolute atomic E-state index is 10.8. The summed E-state index contributed by atoms with van der Waals surface area (Å²) in [7, 11) is -4.14. The van der Waals surface area contributed by atoms with Gasteiger partial charge in [0.1, 0.15) is 6.54 Å². The third kappa shape index (κ3) is 4.89. The van der Waals surface area contributed by atoms with Crippen LogP contribution in [0.1, 0.15) is 46.1 Å². The normalized spacial score (nSPS) is 16.4. The average molecular weight is 362 g/mol. The minimum absolute atomic E-state index is 0.118. The molecule has 0 radical (unpaired) electrons. The van der Waals surface area contributed by atoms with E-state index in [9.17, 15) is 13.0 Å². The van der Waals surface area contributed by atoms with Crippen molar-refractivity contribution in [1.82, 2.24) is 0 Å². The molecule has 2 rings (SSSR count). The molecule has 0 amide bonds. The van der Waals surface area contributed by atoms with Crippen molar-refractivity contribution in [3.8, 4) is 0 Å². The Hall–Kier alpha value is -1.72. The van der Waals surface area contributed by atoms with Crippen LogP contribution in [0.15, 0.2) is 48.1 Å². The molecule has 0 fully saturated rings. The summed E-state index contributed by atoms with van der Waals surface area (Å²) in [5.41, 5.74) is 4.74. The average Bonchev–Trinajstić information content (AvgIpc) is 2.71. The predicted octanol–water partition coefficient (Wildman–Crippen LogP) is 3.91. The van der Waals surface area contributed by atoms with E-state index in [1.54, 1.807) is 0 Å². The number of fused-ring (bicyclic) bond motifs is 1. The molecule has 0 unspecified atom stereocenters. The van der Waals surface area contributed by atoms with E-state index in [0.29, 0.717) is 19.4 Å². The third-order valence-electron chi connectivity index (χ3n) is 4.51. The first-order valence-electron chi connectivity index (χ1n) is 8.62. The smallest absolute Gasteiger partial charge is 0.209 e. The topological polar surface area (TPSA) is 60.2 Å². The fraction of sp³-hybridized carbons (Fsp3) is 0.450. The largest absolute Gasteiger partial charge is 0.748 e. The highest BCUT2D eigenvalue weighted by Crippen LogP contribution is 2.39. The summed E-state index contributed by atoms with van der Waals surface area (Å²) in [6, 6.07) is 8.31. The highest BCUT2D eigenvalue weighted by Gasteiger charge is 2.43. The molecular formula is C20H27NO3S. The number of allylic oxidation sites excluding steroid dienone is 4. The summed E-state index contributed by atoms with van der Waals surface area (Å²) in [4.78, 5) is 0. The number of hydrogen-bond donors (Lipinski definition) is 0. The zero-order valence-electron chi connectivity index (χ0n) is 15.5. The SMILES string of the molecule is CC(C)=CC=CC1=[N+](CCCCS(=O)(=O)[O-])c2ccccc2C1(C)C. The molecule has 25 heavy (non-hydrogen) atoms. The number of nitrogens with zero attached hydrogens (tertiary/aromatic N) is 1. The molecule has 136 valence electrons. The van der Waals surface area contributed by atoms with E-state index in [1.165, 1.54) is 16.8 Å². The molecule has 0 bridgehead atoms. The summed E-state index contributed by atoms with van der Waals surface area (Å²) >= 11 is 0. The van der Waals surface area contributed by atoms with Crippen molar-refractivity contribution >= 4 is 21.5 Å². The zero-order valence-corrected chi connectivity index (χ0v) is 16.3. The minimum Gasteiger partial charge on any atom is -0.748 e. The van der Waals surface area contributed by atoms with Crippen LogP contribution in [0.25, 0.3) is 0 Å². The number of hydrogen-bond acceptors (Lipinski definition) is 3. The lowest BCUT2D eigenvalue weighted by Crippen LogP contribution is -2.28. The molecule has 0 spiro atoms. The van der Waals surface area contributed by atoms with Gasteiger partial charge < -0.3 is 4.55 Å². The van der Waals surface area contributed by atoms with E-state index < -0.39 is 10.1 Å². The molecule has 1 aromatic carbocycles. The molecule has 0 saturated heterocycles. The molecule has 0 aromatic heterocycles. The van der Waals surface area contributed by atoms with E-state index in [4.69, 9.17) is 0 Å². The molecule has 4 nitrogen and oxygen atoms in total. The first-order valence-corrected chi connectivity index (χ1v) is 10.2. The first kappa shape index (κ1) is 19.6. The van der Waals surface area contributed by atoms with Crippen molar-refractivity contribution in [2.24, 2.45) is 0 Å². The van der Waals surface area contributed by atoms with Gasteiger partial charge in [-0.3, -0.25) is 0 Å². The van der Waals surface area contributed by atoms with Gasteiger partial charge in [0.25, 0.3) is 0 Å². The van der Waals surface area contributed by atoms with E-state index in [-0.39, 0.29) is 11.2 Å². The van der Waals surface area contributed by atoms with Gasteiger partial charge in [0.15, 0.2) is 5.71 Å². The lowest BCUT2D eigenvalue weighted by Gasteiger charge is -2.15. The highest BCUT2D eigenvalue weighted by molar-refractivity contribution is 7.85. The molecule has 0 N–H and O–H groups in total. The van der Waals surface area contributed by atoms with Crippen molar-refractivity contribution in [3.05, 3.63) is 53.6 Å². The van der Waals surface area contributed by atoms with E-state index in [2.05, 4.69) is 62.6 Å². The van der Waals surface area contributed by atoms with Crippen LogP contribution in [0.5, 0.6) is 0 Å². The van der Waals surface area contributed by atoms with Crippen LogP contribution in [0.3, 0.4) is 0 Å². The summed E-state index contributed by atoms with van der Waals surface area (Å²) < 4.78 is 34.7. The van der Waals surface area contributed by atoms with Gasteiger partial charge in [-0.2, -0.15) is 4.58 Å². The summed E-state index contributed by atoms with van der Waals surface area (Å²) in [6.07, 6.45) is 7.32. The Labute approximate surface area is 151 Å². The number of benzene rings is 1. The van der Waals surface area contributed by atoms with Crippen LogP contribution in [0.4, 0.5) is 5.69 Å². The van der Waals surface area contributed by atoms with E-state index in [1.807, 2.05) is 12.1 Å². The van der Waals surface area contributed by atoms with Crippen molar-refractivity contribution in [3.63, 3.8) is 0 Å². The molecule has 1 aliphatic rings. The Kier molecular flexibility index (Phi) is 6.01. The Balaban J connectivity index is 2.32.